The molecule has 0 atom stereocenters. The van der Waals surface area contributed by atoms with E-state index in [0.717, 1.165) is 27.0 Å². The van der Waals surface area contributed by atoms with E-state index in [-0.39, 0.29) is 5.41 Å². The number of nitrogens with two attached hydrogens (primary N) is 1. The van der Waals surface area contributed by atoms with E-state index in [1.807, 2.05) is 24.3 Å². The number of nitrogens with zero attached hydrogens (tertiary/aromatic N) is 1. The highest BCUT2D eigenvalue weighted by molar-refractivity contribution is 7.16. The van der Waals surface area contributed by atoms with Crippen LogP contribution in [0.1, 0.15) is 25.8 Å². The summed E-state index contributed by atoms with van der Waals surface area (Å²) in [6.07, 6.45) is 0. The molecule has 0 unspecified atom stereocenters. The van der Waals surface area contributed by atoms with Crippen molar-refractivity contribution in [1.29, 1.82) is 0 Å². The first kappa shape index (κ1) is 12.9. The molecule has 2 N–H and O–H groups in total. The van der Waals surface area contributed by atoms with Crippen LogP contribution in [-0.4, -0.2) is 12.1 Å². The largest absolute Gasteiger partial charge is 0.496 e. The topological polar surface area (TPSA) is 48.1 Å². The van der Waals surface area contributed by atoms with Crippen molar-refractivity contribution in [2.24, 2.45) is 0 Å². The van der Waals surface area contributed by atoms with Crippen molar-refractivity contribution in [3.63, 3.8) is 0 Å². The van der Waals surface area contributed by atoms with Gasteiger partial charge >= 0.3 is 0 Å². The lowest BCUT2D eigenvalue weighted by Gasteiger charge is -2.13. The number of hydrogen-bond donors (Lipinski definition) is 1. The molecule has 18 heavy (non-hydrogen) atoms. The summed E-state index contributed by atoms with van der Waals surface area (Å²) in [4.78, 5) is 4.67. The molecular formula is C14H18N2OS. The Balaban J connectivity index is 2.55. The van der Waals surface area contributed by atoms with Crippen molar-refractivity contribution >= 4 is 16.3 Å². The van der Waals surface area contributed by atoms with E-state index in [1.165, 1.54) is 0 Å². The Hall–Kier alpha value is -1.55. The molecule has 0 bridgehead atoms. The molecule has 0 fully saturated rings. The van der Waals surface area contributed by atoms with Gasteiger partial charge in [-0.05, 0) is 12.1 Å². The number of nitrogen functional groups attached to an aromatic ring is 1. The van der Waals surface area contributed by atoms with Gasteiger partial charge in [0, 0.05) is 11.0 Å². The molecule has 96 valence electrons. The molecule has 0 amide bonds. The van der Waals surface area contributed by atoms with Crippen molar-refractivity contribution < 1.29 is 4.74 Å². The Labute approximate surface area is 112 Å². The number of benzene rings is 1. The average molecular weight is 262 g/mol. The molecule has 1 heterocycles. The Morgan fingerprint density at radius 1 is 1.22 bits per heavy atom. The van der Waals surface area contributed by atoms with E-state index < -0.39 is 0 Å². The van der Waals surface area contributed by atoms with Gasteiger partial charge in [-0.25, -0.2) is 4.98 Å². The van der Waals surface area contributed by atoms with Gasteiger partial charge in [0.2, 0.25) is 0 Å². The zero-order valence-electron chi connectivity index (χ0n) is 11.2. The highest BCUT2D eigenvalue weighted by Crippen LogP contribution is 2.39. The molecule has 0 saturated carbocycles. The van der Waals surface area contributed by atoms with Crippen molar-refractivity contribution in [2.75, 3.05) is 12.8 Å². The molecular weight excluding hydrogens is 244 g/mol. The van der Waals surface area contributed by atoms with Gasteiger partial charge < -0.3 is 10.5 Å². The molecule has 0 radical (unpaired) electrons. The van der Waals surface area contributed by atoms with Gasteiger partial charge in [-0.3, -0.25) is 0 Å². The molecule has 1 aromatic heterocycles. The SMILES string of the molecule is COc1ccccc1-c1nc(C(C)(C)C)sc1N. The van der Waals surface area contributed by atoms with E-state index >= 15 is 0 Å². The number of aromatic nitrogens is 1. The molecule has 0 spiro atoms. The van der Waals surface area contributed by atoms with Crippen LogP contribution in [-0.2, 0) is 5.41 Å². The van der Waals surface area contributed by atoms with E-state index in [4.69, 9.17) is 10.5 Å². The van der Waals surface area contributed by atoms with E-state index in [2.05, 4.69) is 25.8 Å². The van der Waals surface area contributed by atoms with E-state index in [1.54, 1.807) is 18.4 Å². The third kappa shape index (κ3) is 2.34. The van der Waals surface area contributed by atoms with Crippen LogP contribution in [0.15, 0.2) is 24.3 Å². The van der Waals surface area contributed by atoms with Crippen LogP contribution in [0.2, 0.25) is 0 Å². The van der Waals surface area contributed by atoms with Gasteiger partial charge in [0.25, 0.3) is 0 Å². The monoisotopic (exact) mass is 262 g/mol. The number of anilines is 1. The molecule has 2 rings (SSSR count). The van der Waals surface area contributed by atoms with Gasteiger partial charge in [0.15, 0.2) is 0 Å². The third-order valence-corrected chi connectivity index (χ3v) is 3.97. The number of hydrogen-bond acceptors (Lipinski definition) is 4. The maximum atomic E-state index is 6.09. The van der Waals surface area contributed by atoms with Gasteiger partial charge in [-0.15, -0.1) is 11.3 Å². The highest BCUT2D eigenvalue weighted by Gasteiger charge is 2.22. The molecule has 0 aliphatic carbocycles. The smallest absolute Gasteiger partial charge is 0.128 e. The molecule has 0 saturated heterocycles. The lowest BCUT2D eigenvalue weighted by Crippen LogP contribution is -2.10. The summed E-state index contributed by atoms with van der Waals surface area (Å²) >= 11 is 1.55. The molecule has 1 aromatic carbocycles. The first-order valence-electron chi connectivity index (χ1n) is 5.83. The van der Waals surface area contributed by atoms with Crippen molar-refractivity contribution in [3.8, 4) is 17.0 Å². The lowest BCUT2D eigenvalue weighted by molar-refractivity contribution is 0.416. The van der Waals surface area contributed by atoms with Crippen molar-refractivity contribution in [3.05, 3.63) is 29.3 Å². The maximum absolute atomic E-state index is 6.09. The van der Waals surface area contributed by atoms with Gasteiger partial charge in [-0.1, -0.05) is 32.9 Å². The fourth-order valence-corrected chi connectivity index (χ4v) is 2.59. The summed E-state index contributed by atoms with van der Waals surface area (Å²) in [6.45, 7) is 6.41. The van der Waals surface area contributed by atoms with Crippen LogP contribution in [0.5, 0.6) is 5.75 Å². The number of thiazole rings is 1. The third-order valence-electron chi connectivity index (χ3n) is 2.66. The fourth-order valence-electron chi connectivity index (χ4n) is 1.69. The Morgan fingerprint density at radius 3 is 2.44 bits per heavy atom. The number of para-hydroxylation sites is 1. The van der Waals surface area contributed by atoms with Crippen LogP contribution < -0.4 is 10.5 Å². The summed E-state index contributed by atoms with van der Waals surface area (Å²) in [7, 11) is 1.66. The van der Waals surface area contributed by atoms with Crippen LogP contribution in [0.3, 0.4) is 0 Å². The Morgan fingerprint density at radius 2 is 1.89 bits per heavy atom. The van der Waals surface area contributed by atoms with Crippen LogP contribution in [0.25, 0.3) is 11.3 Å². The van der Waals surface area contributed by atoms with Gasteiger partial charge in [0.1, 0.15) is 21.5 Å². The maximum Gasteiger partial charge on any atom is 0.128 e. The second-order valence-electron chi connectivity index (χ2n) is 5.18. The first-order chi connectivity index (χ1) is 8.43. The standard InChI is InChI=1S/C14H18N2OS/c1-14(2,3)13-16-11(12(15)18-13)9-7-5-6-8-10(9)17-4/h5-8H,15H2,1-4H3. The van der Waals surface area contributed by atoms with E-state index in [0.29, 0.717) is 0 Å². The molecule has 4 heteroatoms. The summed E-state index contributed by atoms with van der Waals surface area (Å²) in [6, 6.07) is 7.81. The lowest BCUT2D eigenvalue weighted by atomic mass is 9.98. The second-order valence-corrected chi connectivity index (χ2v) is 6.21. The number of ether oxygens (including phenoxy) is 1. The minimum absolute atomic E-state index is 0.0129. The highest BCUT2D eigenvalue weighted by atomic mass is 32.1. The molecule has 2 aromatic rings. The quantitative estimate of drug-likeness (QED) is 0.897. The molecule has 3 nitrogen and oxygen atoms in total. The van der Waals surface area contributed by atoms with E-state index in [9.17, 15) is 0 Å². The Bertz CT molecular complexity index is 555. The van der Waals surface area contributed by atoms with Gasteiger partial charge in [-0.2, -0.15) is 0 Å². The summed E-state index contributed by atoms with van der Waals surface area (Å²) in [5, 5.41) is 1.78. The number of rotatable bonds is 2. The normalized spacial score (nSPS) is 11.6. The van der Waals surface area contributed by atoms with Crippen LogP contribution >= 0.6 is 11.3 Å². The average Bonchev–Trinajstić information content (AvgIpc) is 2.71. The van der Waals surface area contributed by atoms with Crippen LogP contribution in [0, 0.1) is 0 Å². The minimum atomic E-state index is 0.0129. The predicted octanol–water partition coefficient (Wildman–Crippen LogP) is 3.70. The minimum Gasteiger partial charge on any atom is -0.496 e. The zero-order chi connectivity index (χ0) is 13.3. The zero-order valence-corrected chi connectivity index (χ0v) is 12.0. The van der Waals surface area contributed by atoms with Gasteiger partial charge in [0.05, 0.1) is 7.11 Å². The van der Waals surface area contributed by atoms with Crippen molar-refractivity contribution in [1.82, 2.24) is 4.98 Å². The summed E-state index contributed by atoms with van der Waals surface area (Å²) < 4.78 is 5.36. The fraction of sp³-hybridized carbons (Fsp3) is 0.357. The number of methoxy groups -OCH3 is 1. The van der Waals surface area contributed by atoms with Crippen molar-refractivity contribution in [2.45, 2.75) is 26.2 Å². The summed E-state index contributed by atoms with van der Waals surface area (Å²) in [5.74, 6) is 0.801. The second kappa shape index (κ2) is 4.61. The molecule has 0 aliphatic heterocycles. The molecule has 0 aliphatic rings. The van der Waals surface area contributed by atoms with Crippen LogP contribution in [0.4, 0.5) is 5.00 Å². The Kier molecular flexibility index (Phi) is 3.30. The predicted molar refractivity (Wildman–Crippen MR) is 77.2 cm³/mol. The first-order valence-corrected chi connectivity index (χ1v) is 6.65. The summed E-state index contributed by atoms with van der Waals surface area (Å²) in [5.41, 5.74) is 7.88.